The minimum atomic E-state index is -0.0314. The average Bonchev–Trinajstić information content (AvgIpc) is 2.77. The first-order chi connectivity index (χ1) is 8.26. The Kier molecular flexibility index (Phi) is 3.78. The van der Waals surface area contributed by atoms with Crippen molar-refractivity contribution in [2.75, 3.05) is 7.11 Å². The first kappa shape index (κ1) is 12.1. The largest absolute Gasteiger partial charge is 0.496 e. The van der Waals surface area contributed by atoms with Crippen LogP contribution in [0.1, 0.15) is 22.0 Å². The third-order valence-electron chi connectivity index (χ3n) is 2.70. The molecule has 1 aromatic heterocycles. The molecule has 0 saturated heterocycles. The van der Waals surface area contributed by atoms with Crippen LogP contribution in [0.3, 0.4) is 0 Å². The molecule has 0 aliphatic heterocycles. The van der Waals surface area contributed by atoms with Gasteiger partial charge in [0, 0.05) is 10.4 Å². The molecule has 2 aromatic rings. The van der Waals surface area contributed by atoms with Gasteiger partial charge < -0.3 is 4.74 Å². The van der Waals surface area contributed by atoms with Crippen LogP contribution < -0.4 is 16.0 Å². The van der Waals surface area contributed by atoms with Gasteiger partial charge in [-0.05, 0) is 30.0 Å². The average molecular weight is 248 g/mol. The maximum absolute atomic E-state index is 5.67. The van der Waals surface area contributed by atoms with E-state index < -0.39 is 0 Å². The Morgan fingerprint density at radius 1 is 1.35 bits per heavy atom. The Morgan fingerprint density at radius 2 is 2.12 bits per heavy atom. The molecule has 3 nitrogen and oxygen atoms in total. The molecule has 0 spiro atoms. The lowest BCUT2D eigenvalue weighted by Gasteiger charge is -2.18. The van der Waals surface area contributed by atoms with Crippen molar-refractivity contribution < 1.29 is 4.74 Å². The molecule has 0 amide bonds. The van der Waals surface area contributed by atoms with Gasteiger partial charge in [0.1, 0.15) is 5.75 Å². The summed E-state index contributed by atoms with van der Waals surface area (Å²) < 4.78 is 5.36. The number of benzene rings is 1. The van der Waals surface area contributed by atoms with E-state index >= 15 is 0 Å². The van der Waals surface area contributed by atoms with Gasteiger partial charge in [0.05, 0.1) is 13.2 Å². The Morgan fingerprint density at radius 3 is 2.71 bits per heavy atom. The summed E-state index contributed by atoms with van der Waals surface area (Å²) in [5.74, 6) is 6.52. The maximum atomic E-state index is 5.67. The van der Waals surface area contributed by atoms with Gasteiger partial charge in [-0.3, -0.25) is 5.84 Å². The number of para-hydroxylation sites is 1. The lowest BCUT2D eigenvalue weighted by atomic mass is 10.0. The molecule has 90 valence electrons. The number of rotatable bonds is 4. The minimum Gasteiger partial charge on any atom is -0.496 e. The SMILES string of the molecule is COc1ccccc1C(NN)c1csc(C)c1. The molecule has 1 unspecified atom stereocenters. The molecule has 3 N–H and O–H groups in total. The van der Waals surface area contributed by atoms with Gasteiger partial charge in [0.2, 0.25) is 0 Å². The summed E-state index contributed by atoms with van der Waals surface area (Å²) in [4.78, 5) is 1.27. The lowest BCUT2D eigenvalue weighted by molar-refractivity contribution is 0.404. The summed E-state index contributed by atoms with van der Waals surface area (Å²) in [6, 6.07) is 10.0. The number of thiophene rings is 1. The van der Waals surface area contributed by atoms with Crippen LogP contribution in [-0.2, 0) is 0 Å². The smallest absolute Gasteiger partial charge is 0.124 e. The molecule has 4 heteroatoms. The molecular weight excluding hydrogens is 232 g/mol. The number of nitrogens with one attached hydrogen (secondary N) is 1. The molecule has 17 heavy (non-hydrogen) atoms. The zero-order valence-corrected chi connectivity index (χ0v) is 10.8. The fourth-order valence-corrected chi connectivity index (χ4v) is 2.62. The fourth-order valence-electron chi connectivity index (χ4n) is 1.89. The van der Waals surface area contributed by atoms with Crippen molar-refractivity contribution >= 4 is 11.3 Å². The molecule has 2 rings (SSSR count). The van der Waals surface area contributed by atoms with Crippen LogP contribution in [0, 0.1) is 6.92 Å². The highest BCUT2D eigenvalue weighted by atomic mass is 32.1. The standard InChI is InChI=1S/C13H16N2OS/c1-9-7-10(8-17-9)13(15-14)11-5-3-4-6-12(11)16-2/h3-8,13,15H,14H2,1-2H3. The van der Waals surface area contributed by atoms with Gasteiger partial charge in [-0.25, -0.2) is 5.43 Å². The van der Waals surface area contributed by atoms with Gasteiger partial charge >= 0.3 is 0 Å². The molecule has 0 bridgehead atoms. The van der Waals surface area contributed by atoms with Crippen molar-refractivity contribution in [1.82, 2.24) is 5.43 Å². The Hall–Kier alpha value is -1.36. The van der Waals surface area contributed by atoms with E-state index in [4.69, 9.17) is 10.6 Å². The van der Waals surface area contributed by atoms with Crippen LogP contribution in [0.5, 0.6) is 5.75 Å². The zero-order chi connectivity index (χ0) is 12.3. The second-order valence-electron chi connectivity index (χ2n) is 3.83. The molecule has 0 radical (unpaired) electrons. The van der Waals surface area contributed by atoms with Crippen molar-refractivity contribution in [2.45, 2.75) is 13.0 Å². The highest BCUT2D eigenvalue weighted by Crippen LogP contribution is 2.31. The van der Waals surface area contributed by atoms with Gasteiger partial charge in [-0.2, -0.15) is 0 Å². The quantitative estimate of drug-likeness (QED) is 0.646. The van der Waals surface area contributed by atoms with E-state index in [0.29, 0.717) is 0 Å². The third kappa shape index (κ3) is 2.49. The Labute approximate surface area is 105 Å². The van der Waals surface area contributed by atoms with Gasteiger partial charge in [-0.1, -0.05) is 18.2 Å². The van der Waals surface area contributed by atoms with Gasteiger partial charge in [0.15, 0.2) is 0 Å². The molecule has 0 fully saturated rings. The molecule has 0 aliphatic carbocycles. The van der Waals surface area contributed by atoms with Crippen molar-refractivity contribution in [2.24, 2.45) is 5.84 Å². The van der Waals surface area contributed by atoms with E-state index in [0.717, 1.165) is 11.3 Å². The molecule has 0 saturated carbocycles. The van der Waals surface area contributed by atoms with E-state index in [1.165, 1.54) is 10.4 Å². The van der Waals surface area contributed by atoms with Crippen molar-refractivity contribution in [3.63, 3.8) is 0 Å². The number of ether oxygens (including phenoxy) is 1. The topological polar surface area (TPSA) is 47.3 Å². The Bertz CT molecular complexity index is 496. The van der Waals surface area contributed by atoms with Crippen LogP contribution in [0.25, 0.3) is 0 Å². The van der Waals surface area contributed by atoms with Crippen LogP contribution >= 0.6 is 11.3 Å². The lowest BCUT2D eigenvalue weighted by Crippen LogP contribution is -2.28. The molecular formula is C13H16N2OS. The van der Waals surface area contributed by atoms with Crippen LogP contribution in [0.15, 0.2) is 35.7 Å². The van der Waals surface area contributed by atoms with Crippen LogP contribution in [0.2, 0.25) is 0 Å². The third-order valence-corrected chi connectivity index (χ3v) is 3.58. The van der Waals surface area contributed by atoms with E-state index in [1.807, 2.05) is 24.3 Å². The number of methoxy groups -OCH3 is 1. The van der Waals surface area contributed by atoms with E-state index in [9.17, 15) is 0 Å². The second-order valence-corrected chi connectivity index (χ2v) is 4.95. The number of nitrogens with two attached hydrogens (primary N) is 1. The summed E-state index contributed by atoms with van der Waals surface area (Å²) in [5, 5.41) is 2.12. The number of aryl methyl sites for hydroxylation is 1. The number of hydrazine groups is 1. The Balaban J connectivity index is 2.41. The highest BCUT2D eigenvalue weighted by molar-refractivity contribution is 7.10. The molecule has 0 aliphatic rings. The van der Waals surface area contributed by atoms with Crippen molar-refractivity contribution in [3.05, 3.63) is 51.7 Å². The van der Waals surface area contributed by atoms with E-state index in [-0.39, 0.29) is 6.04 Å². The summed E-state index contributed by atoms with van der Waals surface area (Å²) in [6.45, 7) is 2.09. The van der Waals surface area contributed by atoms with Crippen molar-refractivity contribution in [3.8, 4) is 5.75 Å². The van der Waals surface area contributed by atoms with Gasteiger partial charge in [-0.15, -0.1) is 11.3 Å². The normalized spacial score (nSPS) is 12.4. The first-order valence-corrected chi connectivity index (χ1v) is 6.28. The minimum absolute atomic E-state index is 0.0314. The van der Waals surface area contributed by atoms with E-state index in [2.05, 4.69) is 23.8 Å². The van der Waals surface area contributed by atoms with Crippen LogP contribution in [0.4, 0.5) is 0 Å². The zero-order valence-electron chi connectivity index (χ0n) is 9.94. The predicted molar refractivity (Wildman–Crippen MR) is 71.2 cm³/mol. The molecule has 1 heterocycles. The summed E-state index contributed by atoms with van der Waals surface area (Å²) in [6.07, 6.45) is 0. The first-order valence-electron chi connectivity index (χ1n) is 5.40. The fraction of sp³-hybridized carbons (Fsp3) is 0.231. The number of hydrogen-bond acceptors (Lipinski definition) is 4. The summed E-state index contributed by atoms with van der Waals surface area (Å²) >= 11 is 1.72. The summed E-state index contributed by atoms with van der Waals surface area (Å²) in [7, 11) is 1.67. The molecule has 1 aromatic carbocycles. The van der Waals surface area contributed by atoms with Crippen molar-refractivity contribution in [1.29, 1.82) is 0 Å². The molecule has 1 atom stereocenters. The number of hydrogen-bond donors (Lipinski definition) is 2. The maximum Gasteiger partial charge on any atom is 0.124 e. The summed E-state index contributed by atoms with van der Waals surface area (Å²) in [5.41, 5.74) is 5.07. The van der Waals surface area contributed by atoms with Gasteiger partial charge in [0.25, 0.3) is 0 Å². The highest BCUT2D eigenvalue weighted by Gasteiger charge is 2.17. The predicted octanol–water partition coefficient (Wildman–Crippen LogP) is 2.62. The second kappa shape index (κ2) is 5.31. The monoisotopic (exact) mass is 248 g/mol. The van der Waals surface area contributed by atoms with Crippen LogP contribution in [-0.4, -0.2) is 7.11 Å². The van der Waals surface area contributed by atoms with E-state index in [1.54, 1.807) is 18.4 Å².